The number of thiophene rings is 1. The molecular formula is C21H21ClN2O4S2. The molecule has 1 aromatic heterocycles. The quantitative estimate of drug-likeness (QED) is 0.257. The Labute approximate surface area is 187 Å². The van der Waals surface area contributed by atoms with Crippen LogP contribution in [0.1, 0.15) is 17.3 Å². The van der Waals surface area contributed by atoms with Crippen LogP contribution in [0, 0.1) is 0 Å². The zero-order valence-corrected chi connectivity index (χ0v) is 18.7. The van der Waals surface area contributed by atoms with E-state index in [0.717, 1.165) is 16.7 Å². The van der Waals surface area contributed by atoms with Gasteiger partial charge < -0.3 is 26.1 Å². The minimum Gasteiger partial charge on any atom is -0.495 e. The lowest BCUT2D eigenvalue weighted by atomic mass is 10.0. The number of rotatable bonds is 6. The first kappa shape index (κ1) is 23.6. The van der Waals surface area contributed by atoms with E-state index in [1.165, 1.54) is 23.1 Å². The summed E-state index contributed by atoms with van der Waals surface area (Å²) in [7, 11) is 1.57. The van der Waals surface area contributed by atoms with E-state index < -0.39 is 5.97 Å². The Balaban J connectivity index is 0.000000216. The summed E-state index contributed by atoms with van der Waals surface area (Å²) in [6, 6.07) is 12.5. The molecule has 9 heteroatoms. The number of methoxy groups -OCH3 is 1. The average Bonchev–Trinajstić information content (AvgIpc) is 3.12. The number of hydrogen-bond donors (Lipinski definition) is 3. The van der Waals surface area contributed by atoms with Crippen LogP contribution in [0.4, 0.5) is 10.7 Å². The molecule has 0 aliphatic heterocycles. The van der Waals surface area contributed by atoms with Crippen LogP contribution in [-0.4, -0.2) is 29.7 Å². The van der Waals surface area contributed by atoms with Crippen LogP contribution in [0.3, 0.4) is 0 Å². The maximum absolute atomic E-state index is 11.0. The number of carbonyl (C=O) groups is 2. The molecule has 3 rings (SSSR count). The van der Waals surface area contributed by atoms with Gasteiger partial charge in [-0.3, -0.25) is 0 Å². The number of halogens is 1. The number of hydrogen-bond acceptors (Lipinski definition) is 7. The number of nitrogens with two attached hydrogens (primary N) is 2. The van der Waals surface area contributed by atoms with Crippen molar-refractivity contribution in [1.29, 1.82) is 0 Å². The van der Waals surface area contributed by atoms with E-state index in [1.807, 2.05) is 19.1 Å². The van der Waals surface area contributed by atoms with Crippen molar-refractivity contribution in [2.45, 2.75) is 17.1 Å². The summed E-state index contributed by atoms with van der Waals surface area (Å²) in [5, 5.41) is 11.6. The number of nitrogen functional groups attached to an aromatic ring is 2. The Morgan fingerprint density at radius 1 is 1.23 bits per heavy atom. The molecule has 0 radical (unpaired) electrons. The summed E-state index contributed by atoms with van der Waals surface area (Å²) in [6.45, 7) is 1.83. The Kier molecular flexibility index (Phi) is 8.58. The fraction of sp³-hybridized carbons (Fsp3) is 0.143. The van der Waals surface area contributed by atoms with Crippen molar-refractivity contribution in [3.8, 4) is 16.9 Å². The third kappa shape index (κ3) is 5.91. The number of thioether (sulfide) groups is 1. The molecule has 0 fully saturated rings. The Bertz CT molecular complexity index is 1020. The van der Waals surface area contributed by atoms with Crippen molar-refractivity contribution in [1.82, 2.24) is 0 Å². The molecule has 5 N–H and O–H groups in total. The van der Waals surface area contributed by atoms with E-state index in [1.54, 1.807) is 42.8 Å². The lowest BCUT2D eigenvalue weighted by Gasteiger charge is -2.10. The Morgan fingerprint density at radius 2 is 1.90 bits per heavy atom. The van der Waals surface area contributed by atoms with Gasteiger partial charge in [0.2, 0.25) is 0 Å². The molecule has 158 valence electrons. The van der Waals surface area contributed by atoms with E-state index in [9.17, 15) is 9.59 Å². The van der Waals surface area contributed by atoms with Crippen molar-refractivity contribution in [2.24, 2.45) is 0 Å². The first-order valence-electron chi connectivity index (χ1n) is 8.69. The summed E-state index contributed by atoms with van der Waals surface area (Å²) in [4.78, 5) is 22.4. The number of aromatic carboxylic acids is 1. The van der Waals surface area contributed by atoms with Crippen molar-refractivity contribution < 1.29 is 19.4 Å². The van der Waals surface area contributed by atoms with E-state index in [0.29, 0.717) is 27.0 Å². The highest BCUT2D eigenvalue weighted by atomic mass is 35.5. The fourth-order valence-electron chi connectivity index (χ4n) is 2.47. The van der Waals surface area contributed by atoms with Crippen molar-refractivity contribution >= 4 is 57.6 Å². The number of ether oxygens (including phenoxy) is 1. The average molecular weight is 465 g/mol. The van der Waals surface area contributed by atoms with Gasteiger partial charge in [-0.05, 0) is 36.8 Å². The molecule has 2 aromatic carbocycles. The molecular weight excluding hydrogens is 444 g/mol. The van der Waals surface area contributed by atoms with Gasteiger partial charge in [-0.25, -0.2) is 4.79 Å². The molecule has 1 unspecified atom stereocenters. The van der Waals surface area contributed by atoms with Crippen LogP contribution in [-0.2, 0) is 4.79 Å². The molecule has 0 aliphatic carbocycles. The van der Waals surface area contributed by atoms with Gasteiger partial charge in [0.25, 0.3) is 0 Å². The maximum atomic E-state index is 11.0. The van der Waals surface area contributed by atoms with Crippen LogP contribution in [0.5, 0.6) is 5.75 Å². The zero-order chi connectivity index (χ0) is 22.3. The molecule has 1 atom stereocenters. The molecule has 0 amide bonds. The van der Waals surface area contributed by atoms with Crippen molar-refractivity contribution in [3.05, 3.63) is 58.4 Å². The highest BCUT2D eigenvalue weighted by Crippen LogP contribution is 2.35. The van der Waals surface area contributed by atoms with E-state index in [4.69, 9.17) is 32.9 Å². The number of carboxylic acids is 1. The molecule has 0 saturated heterocycles. The second-order valence-corrected chi connectivity index (χ2v) is 8.80. The van der Waals surface area contributed by atoms with Crippen LogP contribution >= 0.6 is 34.7 Å². The van der Waals surface area contributed by atoms with Gasteiger partial charge in [-0.2, -0.15) is 0 Å². The monoisotopic (exact) mass is 464 g/mol. The van der Waals surface area contributed by atoms with Crippen molar-refractivity contribution in [2.75, 3.05) is 18.6 Å². The van der Waals surface area contributed by atoms with E-state index in [2.05, 4.69) is 0 Å². The highest BCUT2D eigenvalue weighted by Gasteiger charge is 2.17. The number of benzene rings is 2. The molecule has 1 heterocycles. The second kappa shape index (κ2) is 10.9. The minimum atomic E-state index is -1.01. The Hall–Kier alpha value is -2.68. The number of carbonyl (C=O) groups excluding carboxylic acids is 1. The van der Waals surface area contributed by atoms with Gasteiger partial charge in [0.15, 0.2) is 0 Å². The molecule has 0 spiro atoms. The third-order valence-electron chi connectivity index (χ3n) is 3.94. The first-order valence-corrected chi connectivity index (χ1v) is 10.8. The smallest absolute Gasteiger partial charge is 0.339 e. The molecule has 0 bridgehead atoms. The number of anilines is 2. The molecule has 30 heavy (non-hydrogen) atoms. The van der Waals surface area contributed by atoms with Crippen LogP contribution in [0.25, 0.3) is 11.1 Å². The maximum Gasteiger partial charge on any atom is 0.339 e. The van der Waals surface area contributed by atoms with Gasteiger partial charge >= 0.3 is 5.97 Å². The van der Waals surface area contributed by atoms with Gasteiger partial charge in [0.1, 0.15) is 22.6 Å². The zero-order valence-electron chi connectivity index (χ0n) is 16.3. The van der Waals surface area contributed by atoms with Crippen LogP contribution in [0.2, 0.25) is 5.02 Å². The normalized spacial score (nSPS) is 11.2. The molecule has 6 nitrogen and oxygen atoms in total. The predicted molar refractivity (Wildman–Crippen MR) is 125 cm³/mol. The lowest BCUT2D eigenvalue weighted by molar-refractivity contribution is -0.107. The summed E-state index contributed by atoms with van der Waals surface area (Å²) < 4.78 is 5.07. The largest absolute Gasteiger partial charge is 0.495 e. The molecule has 0 saturated carbocycles. The molecule has 0 aliphatic rings. The third-order valence-corrected chi connectivity index (χ3v) is 6.10. The predicted octanol–water partition coefficient (Wildman–Crippen LogP) is 5.31. The standard InChI is InChI=1S/C11H8ClNO2S.C10H13NO2S/c12-7-3-1-6(2-4-7)8-5-16-10(13)9(8)11(14)15;1-7(6-12)14-9-5-3-4-8(13-2)10(9)11/h1-5H,13H2,(H,14,15);3-7H,11H2,1-2H3. The van der Waals surface area contributed by atoms with E-state index >= 15 is 0 Å². The fourth-order valence-corrected chi connectivity index (χ4v) is 4.25. The second-order valence-electron chi connectivity index (χ2n) is 6.03. The van der Waals surface area contributed by atoms with E-state index in [-0.39, 0.29) is 10.8 Å². The topological polar surface area (TPSA) is 116 Å². The summed E-state index contributed by atoms with van der Waals surface area (Å²) >= 11 is 8.42. The SMILES string of the molecule is COc1cccc(SC(C)C=O)c1N.Nc1scc(-c2ccc(Cl)cc2)c1C(=O)O. The number of aldehydes is 1. The van der Waals surface area contributed by atoms with Gasteiger partial charge in [0, 0.05) is 20.9 Å². The summed E-state index contributed by atoms with van der Waals surface area (Å²) in [6.07, 6.45) is 0.892. The van der Waals surface area contributed by atoms with Gasteiger partial charge in [0.05, 0.1) is 18.0 Å². The van der Waals surface area contributed by atoms with Crippen molar-refractivity contribution in [3.63, 3.8) is 0 Å². The van der Waals surface area contributed by atoms with Crippen LogP contribution in [0.15, 0.2) is 52.7 Å². The number of para-hydroxylation sites is 1. The summed E-state index contributed by atoms with van der Waals surface area (Å²) in [5.74, 6) is -0.364. The number of carboxylic acid groups (broad SMARTS) is 1. The first-order chi connectivity index (χ1) is 14.3. The highest BCUT2D eigenvalue weighted by molar-refractivity contribution is 8.00. The van der Waals surface area contributed by atoms with Gasteiger partial charge in [-0.1, -0.05) is 29.8 Å². The summed E-state index contributed by atoms with van der Waals surface area (Å²) in [5.41, 5.74) is 13.6. The lowest BCUT2D eigenvalue weighted by Crippen LogP contribution is -2.00. The van der Waals surface area contributed by atoms with Crippen LogP contribution < -0.4 is 16.2 Å². The molecule has 3 aromatic rings. The minimum absolute atomic E-state index is 0.0931. The van der Waals surface area contributed by atoms with Gasteiger partial charge in [-0.15, -0.1) is 23.1 Å². The Morgan fingerprint density at radius 3 is 2.47 bits per heavy atom.